The number of nitrogens with two attached hydrogens (primary N) is 6. The summed E-state index contributed by atoms with van der Waals surface area (Å²) in [5.74, 6) is 1.61. The molecule has 5 atom stereocenters. The van der Waals surface area contributed by atoms with Crippen LogP contribution in [-0.2, 0) is 77.0 Å². The second kappa shape index (κ2) is 32.2. The lowest BCUT2D eigenvalue weighted by Crippen LogP contribution is -2.60. The summed E-state index contributed by atoms with van der Waals surface area (Å²) in [5, 5.41) is 17.0. The van der Waals surface area contributed by atoms with Crippen LogP contribution in [0.3, 0.4) is 0 Å². The molecule has 8 amide bonds. The van der Waals surface area contributed by atoms with Gasteiger partial charge in [-0.2, -0.15) is 0 Å². The van der Waals surface area contributed by atoms with E-state index in [1.54, 1.807) is 126 Å². The van der Waals surface area contributed by atoms with Crippen molar-refractivity contribution in [3.05, 3.63) is 214 Å². The maximum atomic E-state index is 15.0. The average Bonchev–Trinajstić information content (AvgIpc) is 0.948. The number of nitrogens with one attached hydrogen (secondary N) is 6. The van der Waals surface area contributed by atoms with Gasteiger partial charge in [0.1, 0.15) is 30.2 Å². The number of hydrogen-bond acceptors (Lipinski definition) is 13. The fourth-order valence-electron chi connectivity index (χ4n) is 10.3. The number of fused-ring (bicyclic) bond motifs is 2. The quantitative estimate of drug-likeness (QED) is 0.0176. The van der Waals surface area contributed by atoms with Gasteiger partial charge in [-0.05, 0) is 125 Å². The molecule has 0 bridgehead atoms. The van der Waals surface area contributed by atoms with E-state index in [2.05, 4.69) is 43.7 Å². The van der Waals surface area contributed by atoms with Crippen molar-refractivity contribution < 1.29 is 38.4 Å². The van der Waals surface area contributed by atoms with E-state index in [1.807, 2.05) is 48.5 Å². The fraction of sp³-hybridized carbons (Fsp3) is 0.257. The molecule has 470 valence electrons. The molecule has 1 heterocycles. The van der Waals surface area contributed by atoms with Crippen molar-refractivity contribution in [1.82, 2.24) is 31.9 Å². The Bertz CT molecular complexity index is 3760. The van der Waals surface area contributed by atoms with Crippen LogP contribution in [0.4, 0.5) is 34.1 Å². The van der Waals surface area contributed by atoms with Crippen molar-refractivity contribution in [3.63, 3.8) is 0 Å². The molecule has 18 N–H and O–H groups in total. The van der Waals surface area contributed by atoms with Crippen molar-refractivity contribution >= 4 is 81.4 Å². The first-order valence-corrected chi connectivity index (χ1v) is 30.1. The zero-order chi connectivity index (χ0) is 64.8. The van der Waals surface area contributed by atoms with Crippen molar-refractivity contribution in [2.45, 2.75) is 107 Å². The van der Waals surface area contributed by atoms with Gasteiger partial charge in [0.2, 0.25) is 47.3 Å². The lowest BCUT2D eigenvalue weighted by atomic mass is 9.99. The standard InChI is InChI=1S/C70H77N13O8/c71-52-25-13-44(14-26-52)38-57(66(76)87)79-68(89)59(40-46-17-29-54(73)30-18-46)81-70(91)61(42-48-21-33-56(75)34-22-48)82-69(90)60(41-47-19-31-55(74)32-20-47)80-67(88)58(39-45-15-27-53(72)28-16-45)78-64(85)12-2-1-7-37-77-63(84)35-36-65(86)83-43-51-10-4-3-8-49(51)23-24-50-9-5-6-11-62(50)83/h3-6,8-11,13-22,25-34,57-61H,1-2,7,12,35-43,71-75H2,(H2,76,87)(H,77,84)(H,78,85)(H,79,89)(H,80,88)(H,81,91)(H,82,90). The maximum Gasteiger partial charge on any atom is 0.243 e. The predicted molar refractivity (Wildman–Crippen MR) is 352 cm³/mol. The maximum absolute atomic E-state index is 15.0. The van der Waals surface area contributed by atoms with E-state index in [0.717, 1.165) is 16.7 Å². The van der Waals surface area contributed by atoms with Crippen LogP contribution in [0.2, 0.25) is 0 Å². The number of anilines is 6. The number of rotatable bonds is 29. The van der Waals surface area contributed by atoms with Gasteiger partial charge in [-0.15, -0.1) is 0 Å². The molecule has 1 aliphatic heterocycles. The van der Waals surface area contributed by atoms with Crippen LogP contribution in [0, 0.1) is 11.8 Å². The van der Waals surface area contributed by atoms with Gasteiger partial charge in [0.15, 0.2) is 0 Å². The SMILES string of the molecule is NC(=O)C(Cc1ccc(N)cc1)NC(=O)C(Cc1ccc(N)cc1)NC(=O)C(Cc1ccc(N)cc1)NC(=O)C(Cc1ccc(N)cc1)NC(=O)C(Cc1ccc(N)cc1)NC(=O)CCCCCNC(=O)CCC(=O)N1Cc2ccccc2C#Cc2ccccc21. The number of unbranched alkanes of at least 4 members (excludes halogenated alkanes) is 2. The highest BCUT2D eigenvalue weighted by molar-refractivity contribution is 5.98. The number of para-hydroxylation sites is 1. The molecular formula is C70H77N13O8. The molecule has 7 aromatic rings. The molecule has 91 heavy (non-hydrogen) atoms. The van der Waals surface area contributed by atoms with E-state index in [9.17, 15) is 38.4 Å². The molecule has 1 aliphatic rings. The summed E-state index contributed by atoms with van der Waals surface area (Å²) in [6.45, 7) is 0.631. The number of primary amides is 1. The Hall–Kier alpha value is -11.1. The molecule has 0 saturated heterocycles. The van der Waals surface area contributed by atoms with Crippen LogP contribution in [-0.4, -0.2) is 84.0 Å². The Balaban J connectivity index is 0.930. The molecule has 21 nitrogen and oxygen atoms in total. The second-order valence-corrected chi connectivity index (χ2v) is 22.6. The summed E-state index contributed by atoms with van der Waals surface area (Å²) < 4.78 is 0. The Morgan fingerprint density at radius 1 is 0.385 bits per heavy atom. The van der Waals surface area contributed by atoms with Crippen LogP contribution >= 0.6 is 0 Å². The van der Waals surface area contributed by atoms with Crippen LogP contribution < -0.4 is 71.2 Å². The number of hydrogen-bond donors (Lipinski definition) is 12. The van der Waals surface area contributed by atoms with Gasteiger partial charge in [0, 0.05) is 97.5 Å². The normalized spacial score (nSPS) is 13.0. The number of carbonyl (C=O) groups is 8. The molecule has 0 radical (unpaired) electrons. The number of nitrogen functional groups attached to an aromatic ring is 5. The molecule has 5 unspecified atom stereocenters. The van der Waals surface area contributed by atoms with Gasteiger partial charge in [-0.1, -0.05) is 109 Å². The Labute approximate surface area is 528 Å². The molecule has 0 aliphatic carbocycles. The van der Waals surface area contributed by atoms with Gasteiger partial charge in [0.05, 0.1) is 12.2 Å². The van der Waals surface area contributed by atoms with E-state index >= 15 is 0 Å². The van der Waals surface area contributed by atoms with Gasteiger partial charge >= 0.3 is 0 Å². The van der Waals surface area contributed by atoms with Gasteiger partial charge in [0.25, 0.3) is 0 Å². The van der Waals surface area contributed by atoms with Gasteiger partial charge in [-0.3, -0.25) is 38.4 Å². The highest BCUT2D eigenvalue weighted by atomic mass is 16.2. The summed E-state index contributed by atoms with van der Waals surface area (Å²) in [5.41, 5.74) is 44.4. The topological polar surface area (TPSA) is 368 Å². The van der Waals surface area contributed by atoms with Gasteiger partial charge in [-0.25, -0.2) is 0 Å². The highest BCUT2D eigenvalue weighted by Gasteiger charge is 2.34. The van der Waals surface area contributed by atoms with E-state index in [-0.39, 0.29) is 63.2 Å². The summed E-state index contributed by atoms with van der Waals surface area (Å²) in [6, 6.07) is 42.1. The minimum atomic E-state index is -1.39. The predicted octanol–water partition coefficient (Wildman–Crippen LogP) is 4.42. The molecule has 0 fully saturated rings. The lowest BCUT2D eigenvalue weighted by molar-refractivity contribution is -0.135. The first-order chi connectivity index (χ1) is 43.8. The summed E-state index contributed by atoms with van der Waals surface area (Å²) in [7, 11) is 0. The third-order valence-electron chi connectivity index (χ3n) is 15.5. The molecule has 7 aromatic carbocycles. The number of amides is 8. The Morgan fingerprint density at radius 3 is 1.18 bits per heavy atom. The minimum Gasteiger partial charge on any atom is -0.399 e. The number of nitrogens with zero attached hydrogens (tertiary/aromatic N) is 1. The Morgan fingerprint density at radius 2 is 0.747 bits per heavy atom. The second-order valence-electron chi connectivity index (χ2n) is 22.6. The Kier molecular flexibility index (Phi) is 23.3. The molecule has 21 heteroatoms. The lowest BCUT2D eigenvalue weighted by Gasteiger charge is -2.27. The van der Waals surface area contributed by atoms with Crippen LogP contribution in [0.25, 0.3) is 0 Å². The third kappa shape index (κ3) is 20.2. The number of carbonyl (C=O) groups excluding carboxylic acids is 8. The van der Waals surface area contributed by atoms with E-state index < -0.39 is 65.7 Å². The fourth-order valence-corrected chi connectivity index (χ4v) is 10.3. The smallest absolute Gasteiger partial charge is 0.243 e. The highest BCUT2D eigenvalue weighted by Crippen LogP contribution is 2.27. The van der Waals surface area contributed by atoms with Crippen LogP contribution in [0.1, 0.15) is 83.0 Å². The van der Waals surface area contributed by atoms with Crippen molar-refractivity contribution in [3.8, 4) is 11.8 Å². The molecule has 8 rings (SSSR count). The van der Waals surface area contributed by atoms with Crippen LogP contribution in [0.15, 0.2) is 170 Å². The van der Waals surface area contributed by atoms with E-state index in [1.165, 1.54) is 0 Å². The minimum absolute atomic E-state index is 0.00444. The molecular weight excluding hydrogens is 1150 g/mol. The third-order valence-corrected chi connectivity index (χ3v) is 15.5. The first kappa shape index (κ1) is 65.8. The van der Waals surface area contributed by atoms with E-state index in [4.69, 9.17) is 34.4 Å². The van der Waals surface area contributed by atoms with Crippen molar-refractivity contribution in [1.29, 1.82) is 0 Å². The first-order valence-electron chi connectivity index (χ1n) is 30.1. The summed E-state index contributed by atoms with van der Waals surface area (Å²) >= 11 is 0. The molecule has 0 saturated carbocycles. The van der Waals surface area contributed by atoms with E-state index in [0.29, 0.717) is 94.3 Å². The molecule has 0 spiro atoms. The summed E-state index contributed by atoms with van der Waals surface area (Å²) in [4.78, 5) is 114. The van der Waals surface area contributed by atoms with Crippen LogP contribution in [0.5, 0.6) is 0 Å². The monoisotopic (exact) mass is 1230 g/mol. The zero-order valence-electron chi connectivity index (χ0n) is 50.4. The largest absolute Gasteiger partial charge is 0.399 e. The average molecular weight is 1230 g/mol. The zero-order valence-corrected chi connectivity index (χ0v) is 50.4. The summed E-state index contributed by atoms with van der Waals surface area (Å²) in [6.07, 6.45) is 1.24. The molecule has 0 aromatic heterocycles. The van der Waals surface area contributed by atoms with Crippen molar-refractivity contribution in [2.75, 3.05) is 40.1 Å². The number of benzene rings is 7. The van der Waals surface area contributed by atoms with Gasteiger partial charge < -0.3 is 71.2 Å². The van der Waals surface area contributed by atoms with Crippen molar-refractivity contribution in [2.24, 2.45) is 5.73 Å².